The van der Waals surface area contributed by atoms with Gasteiger partial charge in [0.25, 0.3) is 0 Å². The summed E-state index contributed by atoms with van der Waals surface area (Å²) in [4.78, 5) is 11.4. The van der Waals surface area contributed by atoms with Crippen LogP contribution < -0.4 is 10.5 Å². The lowest BCUT2D eigenvalue weighted by Crippen LogP contribution is -2.25. The maximum absolute atomic E-state index is 12.0. The molecule has 0 unspecified atom stereocenters. The third-order valence-corrected chi connectivity index (χ3v) is 6.18. The van der Waals surface area contributed by atoms with Crippen molar-refractivity contribution in [2.24, 2.45) is 7.05 Å². The first-order valence-corrected chi connectivity index (χ1v) is 8.95. The van der Waals surface area contributed by atoms with Crippen LogP contribution in [0.2, 0.25) is 0 Å². The molecule has 1 aromatic carbocycles. The van der Waals surface area contributed by atoms with Crippen LogP contribution in [0, 0.1) is 0 Å². The third kappa shape index (κ3) is 2.85. The van der Waals surface area contributed by atoms with Gasteiger partial charge in [0.15, 0.2) is 5.58 Å². The van der Waals surface area contributed by atoms with Crippen molar-refractivity contribution in [3.63, 3.8) is 0 Å². The van der Waals surface area contributed by atoms with E-state index < -0.39 is 15.8 Å². The molecule has 8 heteroatoms. The van der Waals surface area contributed by atoms with Crippen LogP contribution in [-0.2, 0) is 23.5 Å². The smallest absolute Gasteiger partial charge is 0.408 e. The number of hydrogen-bond donors (Lipinski definition) is 1. The zero-order valence-corrected chi connectivity index (χ0v) is 13.4. The molecule has 3 rings (SSSR count). The van der Waals surface area contributed by atoms with Gasteiger partial charge in [0.05, 0.1) is 5.52 Å². The minimum absolute atomic E-state index is 0.281. The summed E-state index contributed by atoms with van der Waals surface area (Å²) in [5.41, 5.74) is 2.12. The summed E-state index contributed by atoms with van der Waals surface area (Å²) >= 11 is 1.18. The van der Waals surface area contributed by atoms with Crippen molar-refractivity contribution in [1.29, 1.82) is 0 Å². The van der Waals surface area contributed by atoms with Gasteiger partial charge in [-0.25, -0.2) is 17.9 Å². The molecular weight excluding hydrogens is 324 g/mol. The van der Waals surface area contributed by atoms with Crippen molar-refractivity contribution in [2.75, 3.05) is 6.54 Å². The Hall–Kier alpha value is -1.90. The third-order valence-electron chi connectivity index (χ3n) is 3.32. The standard InChI is InChI=1S/C14H14N2O4S2/c1-16-11-5-4-10(9-12(11)20-14(16)17)6-7-15-22(18,19)13-3-2-8-21-13/h2-5,8-9,15H,6-7H2,1H3. The quantitative estimate of drug-likeness (QED) is 0.768. The molecule has 0 bridgehead atoms. The van der Waals surface area contributed by atoms with Crippen molar-refractivity contribution in [3.05, 3.63) is 51.8 Å². The summed E-state index contributed by atoms with van der Waals surface area (Å²) < 4.78 is 33.4. The first kappa shape index (κ1) is 15.0. The second-order valence-corrected chi connectivity index (χ2v) is 7.75. The topological polar surface area (TPSA) is 81.3 Å². The van der Waals surface area contributed by atoms with Gasteiger partial charge >= 0.3 is 5.76 Å². The molecule has 116 valence electrons. The molecule has 0 atom stereocenters. The number of benzene rings is 1. The molecule has 0 amide bonds. The number of nitrogens with zero attached hydrogens (tertiary/aromatic N) is 1. The van der Waals surface area contributed by atoms with E-state index in [1.807, 2.05) is 6.07 Å². The second-order valence-electron chi connectivity index (χ2n) is 4.81. The van der Waals surface area contributed by atoms with Crippen molar-refractivity contribution < 1.29 is 12.8 Å². The van der Waals surface area contributed by atoms with Crippen molar-refractivity contribution in [1.82, 2.24) is 9.29 Å². The zero-order chi connectivity index (χ0) is 15.7. The van der Waals surface area contributed by atoms with Crippen LogP contribution in [-0.4, -0.2) is 19.5 Å². The highest BCUT2D eigenvalue weighted by atomic mass is 32.2. The highest BCUT2D eigenvalue weighted by Crippen LogP contribution is 2.16. The number of nitrogens with one attached hydrogen (secondary N) is 1. The molecule has 22 heavy (non-hydrogen) atoms. The molecule has 3 aromatic rings. The monoisotopic (exact) mass is 338 g/mol. The second kappa shape index (κ2) is 5.71. The average Bonchev–Trinajstić information content (AvgIpc) is 3.09. The highest BCUT2D eigenvalue weighted by molar-refractivity contribution is 7.91. The van der Waals surface area contributed by atoms with E-state index >= 15 is 0 Å². The Bertz CT molecular complexity index is 953. The maximum atomic E-state index is 12.0. The number of fused-ring (bicyclic) bond motifs is 1. The molecule has 2 aromatic heterocycles. The molecule has 2 heterocycles. The van der Waals surface area contributed by atoms with Gasteiger partial charge in [0, 0.05) is 13.6 Å². The van der Waals surface area contributed by atoms with Crippen molar-refractivity contribution in [3.8, 4) is 0 Å². The number of rotatable bonds is 5. The number of aryl methyl sites for hydroxylation is 1. The zero-order valence-electron chi connectivity index (χ0n) is 11.8. The van der Waals surface area contributed by atoms with Crippen LogP contribution in [0.3, 0.4) is 0 Å². The first-order valence-electron chi connectivity index (χ1n) is 6.59. The highest BCUT2D eigenvalue weighted by Gasteiger charge is 2.14. The van der Waals surface area contributed by atoms with Crippen LogP contribution >= 0.6 is 11.3 Å². The SMILES string of the molecule is Cn1c(=O)oc2cc(CCNS(=O)(=O)c3cccs3)ccc21. The van der Waals surface area contributed by atoms with Crippen LogP contribution in [0.5, 0.6) is 0 Å². The summed E-state index contributed by atoms with van der Waals surface area (Å²) in [6, 6.07) is 8.68. The number of oxazole rings is 1. The molecular formula is C14H14N2O4S2. The summed E-state index contributed by atoms with van der Waals surface area (Å²) in [6.45, 7) is 0.281. The minimum atomic E-state index is -3.44. The Labute approximate surface area is 131 Å². The Morgan fingerprint density at radius 3 is 2.86 bits per heavy atom. The predicted octanol–water partition coefficient (Wildman–Crippen LogP) is 1.71. The number of thiophene rings is 1. The van der Waals surface area contributed by atoms with Gasteiger partial charge in [-0.3, -0.25) is 4.57 Å². The van der Waals surface area contributed by atoms with Gasteiger partial charge < -0.3 is 4.42 Å². The fraction of sp³-hybridized carbons (Fsp3) is 0.214. The fourth-order valence-electron chi connectivity index (χ4n) is 2.15. The lowest BCUT2D eigenvalue weighted by molar-refractivity contribution is 0.528. The Morgan fingerprint density at radius 2 is 2.14 bits per heavy atom. The van der Waals surface area contributed by atoms with E-state index in [9.17, 15) is 13.2 Å². The minimum Gasteiger partial charge on any atom is -0.408 e. The van der Waals surface area contributed by atoms with E-state index in [1.165, 1.54) is 15.9 Å². The van der Waals surface area contributed by atoms with Crippen LogP contribution in [0.15, 0.2) is 49.1 Å². The molecule has 1 N–H and O–H groups in total. The largest absolute Gasteiger partial charge is 0.419 e. The van der Waals surface area contributed by atoms with Gasteiger partial charge in [0.1, 0.15) is 4.21 Å². The van der Waals surface area contributed by atoms with Crippen molar-refractivity contribution >= 4 is 32.5 Å². The van der Waals surface area contributed by atoms with Crippen LogP contribution in [0.1, 0.15) is 5.56 Å². The number of hydrogen-bond acceptors (Lipinski definition) is 5. The van der Waals surface area contributed by atoms with E-state index in [0.717, 1.165) is 5.56 Å². The fourth-order valence-corrected chi connectivity index (χ4v) is 4.22. The summed E-state index contributed by atoms with van der Waals surface area (Å²) in [6.07, 6.45) is 0.513. The van der Waals surface area contributed by atoms with Gasteiger partial charge in [0.2, 0.25) is 10.0 Å². The summed E-state index contributed by atoms with van der Waals surface area (Å²) in [7, 11) is -1.80. The van der Waals surface area contributed by atoms with Crippen LogP contribution in [0.25, 0.3) is 11.1 Å². The molecule has 0 aliphatic carbocycles. The predicted molar refractivity (Wildman–Crippen MR) is 84.7 cm³/mol. The maximum Gasteiger partial charge on any atom is 0.419 e. The molecule has 0 aliphatic rings. The summed E-state index contributed by atoms with van der Waals surface area (Å²) in [5, 5.41) is 1.72. The molecule has 0 saturated heterocycles. The van der Waals surface area contributed by atoms with Gasteiger partial charge in [-0.05, 0) is 35.6 Å². The first-order chi connectivity index (χ1) is 10.5. The van der Waals surface area contributed by atoms with E-state index in [2.05, 4.69) is 4.72 Å². The number of sulfonamides is 1. The van der Waals surface area contributed by atoms with E-state index in [4.69, 9.17) is 4.42 Å². The van der Waals surface area contributed by atoms with Gasteiger partial charge in [-0.1, -0.05) is 12.1 Å². The van der Waals surface area contributed by atoms with E-state index in [1.54, 1.807) is 36.7 Å². The normalized spacial score (nSPS) is 12.0. The average molecular weight is 338 g/mol. The van der Waals surface area contributed by atoms with E-state index in [-0.39, 0.29) is 6.54 Å². The molecule has 0 aliphatic heterocycles. The van der Waals surface area contributed by atoms with Crippen LogP contribution in [0.4, 0.5) is 0 Å². The van der Waals surface area contributed by atoms with Crippen molar-refractivity contribution in [2.45, 2.75) is 10.6 Å². The Morgan fingerprint density at radius 1 is 1.32 bits per heavy atom. The Kier molecular flexibility index (Phi) is 3.90. The van der Waals surface area contributed by atoms with Gasteiger partial charge in [-0.15, -0.1) is 11.3 Å². The molecule has 0 spiro atoms. The summed E-state index contributed by atoms with van der Waals surface area (Å²) in [5.74, 6) is -0.412. The van der Waals surface area contributed by atoms with Gasteiger partial charge in [-0.2, -0.15) is 0 Å². The lowest BCUT2D eigenvalue weighted by Gasteiger charge is -2.05. The molecule has 0 fully saturated rings. The Balaban J connectivity index is 1.71. The molecule has 0 saturated carbocycles. The molecule has 0 radical (unpaired) electrons. The molecule has 6 nitrogen and oxygen atoms in total. The lowest BCUT2D eigenvalue weighted by atomic mass is 10.1. The van der Waals surface area contributed by atoms with E-state index in [0.29, 0.717) is 21.7 Å². The number of aromatic nitrogens is 1.